The van der Waals surface area contributed by atoms with Gasteiger partial charge in [-0.25, -0.2) is 4.79 Å². The van der Waals surface area contributed by atoms with Gasteiger partial charge in [0, 0.05) is 5.27 Å². The number of nitrogens with zero attached hydrogens (tertiary/aromatic N) is 1. The normalized spacial score (nSPS) is 9.14. The van der Waals surface area contributed by atoms with Crippen molar-refractivity contribution in [3.63, 3.8) is 0 Å². The monoisotopic (exact) mass is 103 g/mol. The molecule has 1 rings (SSSR count). The summed E-state index contributed by atoms with van der Waals surface area (Å²) in [4.78, 5) is 10.3. The first-order chi connectivity index (χ1) is 3.29. The first-order valence-corrected chi connectivity index (χ1v) is 1.58. The van der Waals surface area contributed by atoms with Crippen LogP contribution in [-0.4, -0.2) is 10.5 Å². The second-order valence-corrected chi connectivity index (χ2v) is 0.986. The standard InChI is InChI=1S/C2H2N2O3/c5-2-1-4(6)3-7-2/h1H,(H-,3,5,6)/p+1. The fraction of sp³-hybridized carbons (Fsp3) is 0. The van der Waals surface area contributed by atoms with E-state index in [1.165, 1.54) is 0 Å². The fourth-order valence-corrected chi connectivity index (χ4v) is 0.244. The molecule has 1 aromatic rings. The van der Waals surface area contributed by atoms with Crippen LogP contribution < -0.4 is 10.5 Å². The lowest BCUT2D eigenvalue weighted by Crippen LogP contribution is -2.30. The third-order valence-corrected chi connectivity index (χ3v) is 0.467. The van der Waals surface area contributed by atoms with Crippen molar-refractivity contribution in [2.45, 2.75) is 0 Å². The fourth-order valence-electron chi connectivity index (χ4n) is 0.244. The van der Waals surface area contributed by atoms with Crippen LogP contribution in [-0.2, 0) is 0 Å². The predicted molar refractivity (Wildman–Crippen MR) is 16.7 cm³/mol. The molecule has 0 amide bonds. The predicted octanol–water partition coefficient (Wildman–Crippen LogP) is -1.51. The summed E-state index contributed by atoms with van der Waals surface area (Å²) in [6.07, 6.45) is 0.861. The molecule has 0 aliphatic carbocycles. The average Bonchev–Trinajstić information content (AvgIpc) is 1.87. The van der Waals surface area contributed by atoms with Gasteiger partial charge in [0.1, 0.15) is 4.85 Å². The summed E-state index contributed by atoms with van der Waals surface area (Å²) in [5.41, 5.74) is -0.609. The van der Waals surface area contributed by atoms with Crippen molar-refractivity contribution in [1.29, 1.82) is 0 Å². The van der Waals surface area contributed by atoms with Crippen LogP contribution in [0.4, 0.5) is 0 Å². The lowest BCUT2D eigenvalue weighted by atomic mass is 11.0. The van der Waals surface area contributed by atoms with Crippen LogP contribution in [0, 0.1) is 0 Å². The second-order valence-electron chi connectivity index (χ2n) is 0.986. The Balaban J connectivity index is 3.30. The molecular weight excluding hydrogens is 100 g/mol. The Morgan fingerprint density at radius 2 is 2.71 bits per heavy atom. The first-order valence-electron chi connectivity index (χ1n) is 1.58. The maximum absolute atomic E-state index is 9.91. The topological polar surface area (TPSA) is 70.1 Å². The quantitative estimate of drug-likeness (QED) is 0.310. The van der Waals surface area contributed by atoms with Gasteiger partial charge in [-0.1, -0.05) is 0 Å². The molecule has 0 aromatic carbocycles. The smallest absolute Gasteiger partial charge is 0.280 e. The maximum Gasteiger partial charge on any atom is 0.432 e. The molecule has 0 aliphatic rings. The van der Waals surface area contributed by atoms with Crippen LogP contribution in [0.15, 0.2) is 15.5 Å². The summed E-state index contributed by atoms with van der Waals surface area (Å²) in [5.74, 6) is 0. The number of H-pyrrole nitrogens is 1. The van der Waals surface area contributed by atoms with Crippen molar-refractivity contribution in [3.8, 4) is 0 Å². The molecule has 5 nitrogen and oxygen atoms in total. The van der Waals surface area contributed by atoms with Crippen LogP contribution in [0.5, 0.6) is 0 Å². The molecular formula is C2H3N2O3+. The number of aromatic amines is 1. The molecule has 0 aliphatic heterocycles. The van der Waals surface area contributed by atoms with E-state index in [1.54, 1.807) is 0 Å². The van der Waals surface area contributed by atoms with E-state index in [-0.39, 0.29) is 0 Å². The van der Waals surface area contributed by atoms with Gasteiger partial charge >= 0.3 is 11.8 Å². The van der Waals surface area contributed by atoms with Crippen molar-refractivity contribution in [3.05, 3.63) is 16.6 Å². The van der Waals surface area contributed by atoms with E-state index in [0.717, 1.165) is 6.20 Å². The Labute approximate surface area is 37.7 Å². The van der Waals surface area contributed by atoms with Gasteiger partial charge in [-0.3, -0.25) is 9.73 Å². The van der Waals surface area contributed by atoms with Crippen LogP contribution in [0.2, 0.25) is 0 Å². The highest BCUT2D eigenvalue weighted by Gasteiger charge is 1.97. The molecule has 0 atom stereocenters. The van der Waals surface area contributed by atoms with Crippen LogP contribution in [0.1, 0.15) is 0 Å². The molecule has 1 heterocycles. The zero-order chi connectivity index (χ0) is 5.28. The minimum absolute atomic E-state index is 0.433. The van der Waals surface area contributed by atoms with E-state index in [1.807, 2.05) is 5.27 Å². The van der Waals surface area contributed by atoms with Crippen LogP contribution in [0.25, 0.3) is 0 Å². The van der Waals surface area contributed by atoms with Gasteiger partial charge in [0.25, 0.3) is 0 Å². The van der Waals surface area contributed by atoms with E-state index in [9.17, 15) is 4.79 Å². The van der Waals surface area contributed by atoms with E-state index in [4.69, 9.17) is 5.21 Å². The molecule has 5 heteroatoms. The summed E-state index contributed by atoms with van der Waals surface area (Å²) >= 11 is 0. The molecule has 2 N–H and O–H groups in total. The van der Waals surface area contributed by atoms with Gasteiger partial charge in [-0.2, -0.15) is 0 Å². The Bertz CT molecular complexity index is 199. The van der Waals surface area contributed by atoms with E-state index >= 15 is 0 Å². The second kappa shape index (κ2) is 1.11. The van der Waals surface area contributed by atoms with Gasteiger partial charge in [0.15, 0.2) is 0 Å². The van der Waals surface area contributed by atoms with Gasteiger partial charge in [-0.15, -0.1) is 0 Å². The Morgan fingerprint density at radius 3 is 2.86 bits per heavy atom. The van der Waals surface area contributed by atoms with Gasteiger partial charge in [-0.05, 0) is 0 Å². The summed E-state index contributed by atoms with van der Waals surface area (Å²) in [6, 6.07) is 0. The van der Waals surface area contributed by atoms with Crippen molar-refractivity contribution < 1.29 is 14.6 Å². The Hall–Kier alpha value is -1.26. The zero-order valence-corrected chi connectivity index (χ0v) is 3.29. The Kier molecular flexibility index (Phi) is 0.619. The lowest BCUT2D eigenvalue weighted by molar-refractivity contribution is -0.954. The van der Waals surface area contributed by atoms with Crippen molar-refractivity contribution >= 4 is 0 Å². The van der Waals surface area contributed by atoms with Crippen LogP contribution >= 0.6 is 0 Å². The minimum Gasteiger partial charge on any atom is -0.280 e. The molecule has 0 fully saturated rings. The highest BCUT2D eigenvalue weighted by Crippen LogP contribution is 1.47. The molecule has 0 unspecified atom stereocenters. The summed E-state index contributed by atoms with van der Waals surface area (Å²) in [7, 11) is 0. The number of rotatable bonds is 0. The number of hydrogen-bond acceptors (Lipinski definition) is 3. The van der Waals surface area contributed by atoms with Crippen molar-refractivity contribution in [1.82, 2.24) is 5.27 Å². The van der Waals surface area contributed by atoms with Gasteiger partial charge in [0.2, 0.25) is 0 Å². The molecule has 38 valence electrons. The number of nitrogens with one attached hydrogen (secondary N) is 1. The summed E-state index contributed by atoms with van der Waals surface area (Å²) in [5, 5.41) is 10.1. The van der Waals surface area contributed by atoms with E-state index < -0.39 is 5.63 Å². The average molecular weight is 103 g/mol. The van der Waals surface area contributed by atoms with E-state index in [2.05, 4.69) is 4.52 Å². The first kappa shape index (κ1) is 3.91. The third-order valence-electron chi connectivity index (χ3n) is 0.467. The van der Waals surface area contributed by atoms with E-state index in [0.29, 0.717) is 4.85 Å². The molecule has 0 radical (unpaired) electrons. The number of hydrogen-bond donors (Lipinski definition) is 2. The molecule has 0 spiro atoms. The minimum atomic E-state index is -0.609. The molecule has 7 heavy (non-hydrogen) atoms. The summed E-state index contributed by atoms with van der Waals surface area (Å²) < 4.78 is 4.00. The molecule has 0 saturated heterocycles. The molecule has 0 saturated carbocycles. The number of aromatic nitrogens is 2. The summed E-state index contributed by atoms with van der Waals surface area (Å²) in [6.45, 7) is 0. The van der Waals surface area contributed by atoms with Crippen molar-refractivity contribution in [2.75, 3.05) is 0 Å². The molecule has 0 bridgehead atoms. The highest BCUT2D eigenvalue weighted by molar-refractivity contribution is 4.47. The highest BCUT2D eigenvalue weighted by atomic mass is 16.6. The lowest BCUT2D eigenvalue weighted by Gasteiger charge is -1.58. The van der Waals surface area contributed by atoms with Crippen molar-refractivity contribution in [2.24, 2.45) is 0 Å². The zero-order valence-electron chi connectivity index (χ0n) is 3.29. The third kappa shape index (κ3) is 0.594. The van der Waals surface area contributed by atoms with Crippen LogP contribution in [0.3, 0.4) is 0 Å². The SMILES string of the molecule is O=c1c[n+](O)[nH]o1. The Morgan fingerprint density at radius 1 is 2.00 bits per heavy atom. The molecule has 1 aromatic heterocycles. The van der Waals surface area contributed by atoms with Gasteiger partial charge < -0.3 is 0 Å². The largest absolute Gasteiger partial charge is 0.432 e. The maximum atomic E-state index is 9.91. The van der Waals surface area contributed by atoms with Gasteiger partial charge in [0.05, 0.1) is 0 Å².